The molecule has 27 heavy (non-hydrogen) atoms. The molecule has 0 radical (unpaired) electrons. The second-order valence-corrected chi connectivity index (χ2v) is 7.57. The van der Waals surface area contributed by atoms with E-state index < -0.39 is 0 Å². The summed E-state index contributed by atoms with van der Waals surface area (Å²) in [6.45, 7) is 4.05. The van der Waals surface area contributed by atoms with Crippen LogP contribution in [0.1, 0.15) is 43.2 Å². The van der Waals surface area contributed by atoms with Gasteiger partial charge in [0.15, 0.2) is 0 Å². The summed E-state index contributed by atoms with van der Waals surface area (Å²) >= 11 is 0. The minimum Gasteiger partial charge on any atom is -0.393 e. The summed E-state index contributed by atoms with van der Waals surface area (Å²) in [7, 11) is 0. The van der Waals surface area contributed by atoms with Crippen molar-refractivity contribution in [3.05, 3.63) is 35.4 Å². The van der Waals surface area contributed by atoms with E-state index in [2.05, 4.69) is 34.5 Å². The molecule has 2 atom stereocenters. The van der Waals surface area contributed by atoms with Crippen molar-refractivity contribution in [3.8, 4) is 0 Å². The molecule has 1 aliphatic carbocycles. The van der Waals surface area contributed by atoms with Crippen molar-refractivity contribution < 1.29 is 9.90 Å². The van der Waals surface area contributed by atoms with Crippen molar-refractivity contribution in [2.45, 2.75) is 51.3 Å². The Morgan fingerprint density at radius 3 is 2.33 bits per heavy atom. The van der Waals surface area contributed by atoms with Gasteiger partial charge in [-0.3, -0.25) is 9.69 Å². The van der Waals surface area contributed by atoms with Crippen molar-refractivity contribution >= 4 is 30.7 Å². The summed E-state index contributed by atoms with van der Waals surface area (Å²) in [6, 6.07) is 8.49. The number of hydrogen-bond donors (Lipinski definition) is 3. The molecule has 0 bridgehead atoms. The van der Waals surface area contributed by atoms with Crippen molar-refractivity contribution in [1.29, 1.82) is 0 Å². The number of aliphatic hydroxyl groups excluding tert-OH is 1. The van der Waals surface area contributed by atoms with Gasteiger partial charge in [0.2, 0.25) is 5.91 Å². The van der Waals surface area contributed by atoms with Crippen LogP contribution in [0.3, 0.4) is 0 Å². The van der Waals surface area contributed by atoms with Crippen LogP contribution in [0.2, 0.25) is 0 Å². The SMILES string of the molecule is Cl.Cl.NC[C@H]1CCC[C@H]1C(=O)NCc1ccc(CN2CCC(O)CC2)cc1. The molecule has 1 amide bonds. The molecular formula is C20H33Cl2N3O2. The molecule has 1 saturated carbocycles. The molecule has 154 valence electrons. The lowest BCUT2D eigenvalue weighted by molar-refractivity contribution is -0.126. The van der Waals surface area contributed by atoms with Crippen molar-refractivity contribution in [2.24, 2.45) is 17.6 Å². The van der Waals surface area contributed by atoms with E-state index in [1.807, 2.05) is 0 Å². The van der Waals surface area contributed by atoms with Gasteiger partial charge in [-0.1, -0.05) is 30.7 Å². The number of carbonyl (C=O) groups is 1. The highest BCUT2D eigenvalue weighted by molar-refractivity contribution is 5.85. The first-order chi connectivity index (χ1) is 12.2. The van der Waals surface area contributed by atoms with Crippen LogP contribution in [0.5, 0.6) is 0 Å². The molecule has 0 spiro atoms. The molecule has 1 aliphatic heterocycles. The number of nitrogens with one attached hydrogen (secondary N) is 1. The van der Waals surface area contributed by atoms with E-state index in [0.717, 1.165) is 57.3 Å². The molecule has 0 unspecified atom stereocenters. The van der Waals surface area contributed by atoms with E-state index >= 15 is 0 Å². The minimum atomic E-state index is -0.124. The zero-order valence-corrected chi connectivity index (χ0v) is 17.4. The number of likely N-dealkylation sites (tertiary alicyclic amines) is 1. The molecule has 1 saturated heterocycles. The molecule has 2 aliphatic rings. The monoisotopic (exact) mass is 417 g/mol. The fourth-order valence-electron chi connectivity index (χ4n) is 4.08. The number of carbonyl (C=O) groups excluding carboxylic acids is 1. The minimum absolute atomic E-state index is 0. The van der Waals surface area contributed by atoms with Crippen LogP contribution in [0.25, 0.3) is 0 Å². The van der Waals surface area contributed by atoms with Gasteiger partial charge in [-0.05, 0) is 49.3 Å². The van der Waals surface area contributed by atoms with Crippen LogP contribution in [0, 0.1) is 11.8 Å². The fourth-order valence-corrected chi connectivity index (χ4v) is 4.08. The Morgan fingerprint density at radius 2 is 1.70 bits per heavy atom. The number of nitrogens with two attached hydrogens (primary N) is 1. The van der Waals surface area contributed by atoms with Crippen LogP contribution >= 0.6 is 24.8 Å². The maximum atomic E-state index is 12.4. The Labute approximate surface area is 174 Å². The van der Waals surface area contributed by atoms with Gasteiger partial charge in [0, 0.05) is 32.1 Å². The number of piperidine rings is 1. The van der Waals surface area contributed by atoms with Gasteiger partial charge < -0.3 is 16.2 Å². The van der Waals surface area contributed by atoms with Gasteiger partial charge in [0.1, 0.15) is 0 Å². The first-order valence-electron chi connectivity index (χ1n) is 9.61. The van der Waals surface area contributed by atoms with Gasteiger partial charge in [-0.25, -0.2) is 0 Å². The Hall–Kier alpha value is -0.850. The Balaban J connectivity index is 0.00000182. The smallest absolute Gasteiger partial charge is 0.223 e. The molecule has 1 heterocycles. The van der Waals surface area contributed by atoms with E-state index in [-0.39, 0.29) is 42.7 Å². The number of amides is 1. The largest absolute Gasteiger partial charge is 0.393 e. The third-order valence-corrected chi connectivity index (χ3v) is 5.75. The Bertz CT molecular complexity index is 563. The highest BCUT2D eigenvalue weighted by Gasteiger charge is 2.31. The maximum absolute atomic E-state index is 12.4. The molecule has 4 N–H and O–H groups in total. The van der Waals surface area contributed by atoms with E-state index in [1.165, 1.54) is 5.56 Å². The average molecular weight is 418 g/mol. The molecule has 7 heteroatoms. The van der Waals surface area contributed by atoms with Gasteiger partial charge in [0.25, 0.3) is 0 Å². The predicted octanol–water partition coefficient (Wildman–Crippen LogP) is 2.48. The summed E-state index contributed by atoms with van der Waals surface area (Å²) in [5, 5.41) is 12.7. The van der Waals surface area contributed by atoms with E-state index in [0.29, 0.717) is 19.0 Å². The van der Waals surface area contributed by atoms with E-state index in [1.54, 1.807) is 0 Å². The van der Waals surface area contributed by atoms with Crippen LogP contribution in [-0.4, -0.2) is 41.7 Å². The lowest BCUT2D eigenvalue weighted by Gasteiger charge is -2.29. The number of aliphatic hydroxyl groups is 1. The number of hydrogen-bond acceptors (Lipinski definition) is 4. The second-order valence-electron chi connectivity index (χ2n) is 7.57. The molecule has 3 rings (SSSR count). The standard InChI is InChI=1S/C20H31N3O2.2ClH/c21-12-17-2-1-3-19(17)20(25)22-13-15-4-6-16(7-5-15)14-23-10-8-18(24)9-11-23;;/h4-7,17-19,24H,1-3,8-14,21H2,(H,22,25);2*1H/t17-,19-;;/m1../s1. The normalized spacial score (nSPS) is 23.3. The van der Waals surface area contributed by atoms with E-state index in [9.17, 15) is 9.90 Å². The molecular weight excluding hydrogens is 385 g/mol. The zero-order chi connectivity index (χ0) is 17.6. The number of halogens is 2. The molecule has 2 fully saturated rings. The Morgan fingerprint density at radius 1 is 1.07 bits per heavy atom. The lowest BCUT2D eigenvalue weighted by atomic mass is 9.95. The quantitative estimate of drug-likeness (QED) is 0.663. The summed E-state index contributed by atoms with van der Waals surface area (Å²) in [5.74, 6) is 0.605. The molecule has 0 aromatic heterocycles. The van der Waals surface area contributed by atoms with Crippen LogP contribution < -0.4 is 11.1 Å². The van der Waals surface area contributed by atoms with Crippen LogP contribution in [0.15, 0.2) is 24.3 Å². The van der Waals surface area contributed by atoms with Crippen molar-refractivity contribution in [3.63, 3.8) is 0 Å². The van der Waals surface area contributed by atoms with Gasteiger partial charge >= 0.3 is 0 Å². The van der Waals surface area contributed by atoms with Crippen LogP contribution in [-0.2, 0) is 17.9 Å². The summed E-state index contributed by atoms with van der Waals surface area (Å²) in [4.78, 5) is 14.7. The molecule has 1 aromatic rings. The third-order valence-electron chi connectivity index (χ3n) is 5.75. The lowest BCUT2D eigenvalue weighted by Crippen LogP contribution is -2.35. The van der Waals surface area contributed by atoms with Crippen molar-refractivity contribution in [2.75, 3.05) is 19.6 Å². The van der Waals surface area contributed by atoms with Crippen molar-refractivity contribution in [1.82, 2.24) is 10.2 Å². The highest BCUT2D eigenvalue weighted by Crippen LogP contribution is 2.31. The maximum Gasteiger partial charge on any atom is 0.223 e. The van der Waals surface area contributed by atoms with Gasteiger partial charge in [0.05, 0.1) is 6.10 Å². The second kappa shape index (κ2) is 11.9. The third kappa shape index (κ3) is 6.91. The molecule has 5 nitrogen and oxygen atoms in total. The topological polar surface area (TPSA) is 78.6 Å². The van der Waals surface area contributed by atoms with Gasteiger partial charge in [-0.2, -0.15) is 0 Å². The number of benzene rings is 1. The first kappa shape index (κ1) is 24.2. The van der Waals surface area contributed by atoms with Gasteiger partial charge in [-0.15, -0.1) is 24.8 Å². The molecule has 1 aromatic carbocycles. The van der Waals surface area contributed by atoms with Crippen LogP contribution in [0.4, 0.5) is 0 Å². The Kier molecular flexibility index (Phi) is 10.6. The number of rotatable bonds is 6. The summed E-state index contributed by atoms with van der Waals surface area (Å²) in [6.07, 6.45) is 4.78. The summed E-state index contributed by atoms with van der Waals surface area (Å²) in [5.41, 5.74) is 8.19. The first-order valence-corrected chi connectivity index (χ1v) is 9.61. The average Bonchev–Trinajstić information content (AvgIpc) is 3.12. The number of nitrogens with zero attached hydrogens (tertiary/aromatic N) is 1. The zero-order valence-electron chi connectivity index (χ0n) is 15.8. The van der Waals surface area contributed by atoms with E-state index in [4.69, 9.17) is 5.73 Å². The predicted molar refractivity (Wildman–Crippen MR) is 113 cm³/mol. The summed E-state index contributed by atoms with van der Waals surface area (Å²) < 4.78 is 0. The highest BCUT2D eigenvalue weighted by atomic mass is 35.5. The fraction of sp³-hybridized carbons (Fsp3) is 0.650.